The Balaban J connectivity index is 1.66. The molecule has 0 radical (unpaired) electrons. The van der Waals surface area contributed by atoms with Crippen molar-refractivity contribution in [2.75, 3.05) is 33.3 Å². The first-order valence-electron chi connectivity index (χ1n) is 6.09. The molecule has 4 nitrogen and oxygen atoms in total. The summed E-state index contributed by atoms with van der Waals surface area (Å²) < 4.78 is 5.62. The lowest BCUT2D eigenvalue weighted by molar-refractivity contribution is -0.144. The van der Waals surface area contributed by atoms with E-state index in [0.717, 1.165) is 31.5 Å². The Kier molecular flexibility index (Phi) is 3.22. The molecule has 1 N–H and O–H groups in total. The zero-order chi connectivity index (χ0) is 11.8. The van der Waals surface area contributed by atoms with Gasteiger partial charge in [0.2, 0.25) is 5.91 Å². The largest absolute Gasteiger partial charge is 0.363 e. The minimum Gasteiger partial charge on any atom is -0.363 e. The molecule has 1 amide bonds. The van der Waals surface area contributed by atoms with Crippen LogP contribution in [0.5, 0.6) is 0 Å². The van der Waals surface area contributed by atoms with Crippen LogP contribution in [0.2, 0.25) is 0 Å². The van der Waals surface area contributed by atoms with Gasteiger partial charge in [0.15, 0.2) is 0 Å². The quantitative estimate of drug-likeness (QED) is 0.741. The number of hydrogen-bond acceptors (Lipinski definition) is 3. The minimum atomic E-state index is -0.122. The van der Waals surface area contributed by atoms with Gasteiger partial charge < -0.3 is 15.0 Å². The summed E-state index contributed by atoms with van der Waals surface area (Å²) in [6.07, 6.45) is 1.26. The van der Waals surface area contributed by atoms with Crippen molar-refractivity contribution in [2.45, 2.75) is 25.9 Å². The van der Waals surface area contributed by atoms with Crippen LogP contribution in [0.25, 0.3) is 0 Å². The van der Waals surface area contributed by atoms with Crippen molar-refractivity contribution < 1.29 is 9.53 Å². The second-order valence-electron chi connectivity index (χ2n) is 5.59. The molecular weight excluding hydrogens is 204 g/mol. The Hall–Kier alpha value is -0.610. The van der Waals surface area contributed by atoms with Crippen LogP contribution < -0.4 is 5.32 Å². The Morgan fingerprint density at radius 2 is 2.19 bits per heavy atom. The summed E-state index contributed by atoms with van der Waals surface area (Å²) >= 11 is 0. The number of amides is 1. The molecular formula is C12H22N2O2. The van der Waals surface area contributed by atoms with Crippen LogP contribution >= 0.6 is 0 Å². The lowest BCUT2D eigenvalue weighted by Gasteiger charge is -2.39. The molecule has 1 saturated heterocycles. The number of nitrogens with zero attached hydrogens (tertiary/aromatic N) is 1. The van der Waals surface area contributed by atoms with Gasteiger partial charge in [0.25, 0.3) is 0 Å². The molecule has 1 heterocycles. The smallest absolute Gasteiger partial charge is 0.248 e. The third kappa shape index (κ3) is 2.74. The van der Waals surface area contributed by atoms with Crippen molar-refractivity contribution in [3.63, 3.8) is 0 Å². The van der Waals surface area contributed by atoms with E-state index in [4.69, 9.17) is 4.74 Å². The molecule has 0 aromatic rings. The average Bonchev–Trinajstić information content (AvgIpc) is 2.87. The Morgan fingerprint density at radius 1 is 1.56 bits per heavy atom. The van der Waals surface area contributed by atoms with Crippen LogP contribution in [-0.4, -0.2) is 49.7 Å². The van der Waals surface area contributed by atoms with Gasteiger partial charge in [0.1, 0.15) is 6.61 Å². The first-order chi connectivity index (χ1) is 7.50. The predicted octanol–water partition coefficient (Wildman–Crippen LogP) is 0.479. The lowest BCUT2D eigenvalue weighted by Crippen LogP contribution is -2.59. The number of nitrogens with one attached hydrogen (secondary N) is 1. The highest BCUT2D eigenvalue weighted by molar-refractivity contribution is 5.77. The van der Waals surface area contributed by atoms with E-state index >= 15 is 0 Å². The summed E-state index contributed by atoms with van der Waals surface area (Å²) in [4.78, 5) is 13.6. The molecule has 2 aliphatic rings. The molecule has 1 saturated carbocycles. The molecule has 1 aliphatic carbocycles. The van der Waals surface area contributed by atoms with Gasteiger partial charge in [-0.25, -0.2) is 0 Å². The molecule has 1 aliphatic heterocycles. The van der Waals surface area contributed by atoms with Crippen LogP contribution in [0.1, 0.15) is 20.3 Å². The second-order valence-corrected chi connectivity index (χ2v) is 5.59. The summed E-state index contributed by atoms with van der Waals surface area (Å²) in [6.45, 7) is 7.09. The van der Waals surface area contributed by atoms with E-state index in [1.807, 2.05) is 18.9 Å². The number of carbonyl (C=O) groups is 1. The molecule has 2 rings (SSSR count). The van der Waals surface area contributed by atoms with E-state index in [1.165, 1.54) is 6.42 Å². The Morgan fingerprint density at radius 3 is 2.62 bits per heavy atom. The van der Waals surface area contributed by atoms with Crippen molar-refractivity contribution in [2.24, 2.45) is 11.8 Å². The molecule has 2 unspecified atom stereocenters. The molecule has 0 bridgehead atoms. The van der Waals surface area contributed by atoms with Gasteiger partial charge in [0.05, 0.1) is 5.60 Å². The molecule has 0 aromatic carbocycles. The second kappa shape index (κ2) is 4.34. The van der Waals surface area contributed by atoms with Crippen LogP contribution in [0.3, 0.4) is 0 Å². The van der Waals surface area contributed by atoms with Crippen molar-refractivity contribution in [3.05, 3.63) is 0 Å². The van der Waals surface area contributed by atoms with E-state index in [2.05, 4.69) is 12.2 Å². The van der Waals surface area contributed by atoms with Crippen molar-refractivity contribution in [3.8, 4) is 0 Å². The third-order valence-corrected chi connectivity index (χ3v) is 3.75. The maximum atomic E-state index is 11.8. The van der Waals surface area contributed by atoms with E-state index in [-0.39, 0.29) is 18.1 Å². The molecule has 92 valence electrons. The molecule has 0 spiro atoms. The first-order valence-corrected chi connectivity index (χ1v) is 6.09. The van der Waals surface area contributed by atoms with Gasteiger partial charge in [-0.15, -0.1) is 0 Å². The van der Waals surface area contributed by atoms with Gasteiger partial charge in [-0.05, 0) is 25.2 Å². The topological polar surface area (TPSA) is 41.6 Å². The number of likely N-dealkylation sites (N-methyl/N-ethyl adjacent to an activating group) is 1. The van der Waals surface area contributed by atoms with Crippen molar-refractivity contribution in [1.29, 1.82) is 0 Å². The summed E-state index contributed by atoms with van der Waals surface area (Å²) in [5.41, 5.74) is -0.122. The standard InChI is InChI=1S/C12H22N2O2/c1-9-4-10(9)5-14(3)11(15)6-16-12(2)7-13-8-12/h9-10,13H,4-8H2,1-3H3. The molecule has 2 atom stereocenters. The summed E-state index contributed by atoms with van der Waals surface area (Å²) in [7, 11) is 1.87. The number of rotatable bonds is 5. The maximum Gasteiger partial charge on any atom is 0.248 e. The van der Waals surface area contributed by atoms with Crippen molar-refractivity contribution >= 4 is 5.91 Å². The van der Waals surface area contributed by atoms with E-state index < -0.39 is 0 Å². The van der Waals surface area contributed by atoms with Gasteiger partial charge >= 0.3 is 0 Å². The Bertz CT molecular complexity index is 276. The molecule has 2 fully saturated rings. The highest BCUT2D eigenvalue weighted by atomic mass is 16.5. The summed E-state index contributed by atoms with van der Waals surface area (Å²) in [5.74, 6) is 1.62. The van der Waals surface area contributed by atoms with Gasteiger partial charge in [-0.1, -0.05) is 6.92 Å². The SMILES string of the molecule is CC1CC1CN(C)C(=O)COC1(C)CNC1. The third-order valence-electron chi connectivity index (χ3n) is 3.75. The van der Waals surface area contributed by atoms with Crippen LogP contribution in [0, 0.1) is 11.8 Å². The van der Waals surface area contributed by atoms with E-state index in [9.17, 15) is 4.79 Å². The average molecular weight is 226 g/mol. The fraction of sp³-hybridized carbons (Fsp3) is 0.917. The van der Waals surface area contributed by atoms with Gasteiger partial charge in [0, 0.05) is 26.7 Å². The zero-order valence-electron chi connectivity index (χ0n) is 10.5. The first kappa shape index (κ1) is 11.9. The van der Waals surface area contributed by atoms with Gasteiger partial charge in [-0.3, -0.25) is 4.79 Å². The Labute approximate surface area is 97.3 Å². The van der Waals surface area contributed by atoms with Crippen LogP contribution in [-0.2, 0) is 9.53 Å². The lowest BCUT2D eigenvalue weighted by atomic mass is 10.0. The summed E-state index contributed by atoms with van der Waals surface area (Å²) in [6, 6.07) is 0. The highest BCUT2D eigenvalue weighted by Crippen LogP contribution is 2.37. The normalized spacial score (nSPS) is 30.7. The van der Waals surface area contributed by atoms with E-state index in [0.29, 0.717) is 0 Å². The van der Waals surface area contributed by atoms with Crippen molar-refractivity contribution in [1.82, 2.24) is 10.2 Å². The maximum absolute atomic E-state index is 11.8. The fourth-order valence-corrected chi connectivity index (χ4v) is 2.03. The van der Waals surface area contributed by atoms with Crippen LogP contribution in [0.15, 0.2) is 0 Å². The number of ether oxygens (including phenoxy) is 1. The van der Waals surface area contributed by atoms with Crippen LogP contribution in [0.4, 0.5) is 0 Å². The molecule has 0 aromatic heterocycles. The summed E-state index contributed by atoms with van der Waals surface area (Å²) in [5, 5.41) is 3.15. The van der Waals surface area contributed by atoms with Gasteiger partial charge in [-0.2, -0.15) is 0 Å². The minimum absolute atomic E-state index is 0.104. The monoisotopic (exact) mass is 226 g/mol. The fourth-order valence-electron chi connectivity index (χ4n) is 2.03. The predicted molar refractivity (Wildman–Crippen MR) is 62.1 cm³/mol. The van der Waals surface area contributed by atoms with E-state index in [1.54, 1.807) is 0 Å². The zero-order valence-corrected chi connectivity index (χ0v) is 10.5. The highest BCUT2D eigenvalue weighted by Gasteiger charge is 2.36. The number of carbonyl (C=O) groups excluding carboxylic acids is 1. The number of hydrogen-bond donors (Lipinski definition) is 1. The molecule has 4 heteroatoms. The molecule has 16 heavy (non-hydrogen) atoms.